The molecule has 2 aliphatic rings. The Morgan fingerprint density at radius 2 is 2.04 bits per heavy atom. The van der Waals surface area contributed by atoms with Crippen LogP contribution in [0.25, 0.3) is 0 Å². The molecule has 23 heavy (non-hydrogen) atoms. The fraction of sp³-hybridized carbons (Fsp3) is 0.556. The van der Waals surface area contributed by atoms with E-state index in [-0.39, 0.29) is 23.8 Å². The first kappa shape index (κ1) is 16.0. The summed E-state index contributed by atoms with van der Waals surface area (Å²) in [4.78, 5) is 25.4. The number of nitrogens with zero attached hydrogens (tertiary/aromatic N) is 1. The highest BCUT2D eigenvalue weighted by molar-refractivity contribution is 5.81. The van der Waals surface area contributed by atoms with E-state index in [1.807, 2.05) is 18.2 Å². The average molecular weight is 316 g/mol. The molecule has 1 unspecified atom stereocenters. The SMILES string of the molecule is CC(=O)N1CCC(C(=O)NC[C@@H]2CCO[C@H]2c2ccccc2)C1. The molecule has 0 aromatic heterocycles. The van der Waals surface area contributed by atoms with E-state index in [0.717, 1.165) is 19.4 Å². The molecule has 2 heterocycles. The fourth-order valence-corrected chi connectivity index (χ4v) is 3.49. The third kappa shape index (κ3) is 3.72. The second-order valence-corrected chi connectivity index (χ2v) is 6.45. The van der Waals surface area contributed by atoms with Crippen LogP contribution < -0.4 is 5.32 Å². The zero-order valence-electron chi connectivity index (χ0n) is 13.5. The van der Waals surface area contributed by atoms with Crippen molar-refractivity contribution in [1.29, 1.82) is 0 Å². The molecule has 0 bridgehead atoms. The first-order valence-corrected chi connectivity index (χ1v) is 8.35. The molecule has 0 aliphatic carbocycles. The predicted octanol–water partition coefficient (Wildman–Crippen LogP) is 1.75. The van der Waals surface area contributed by atoms with Crippen LogP contribution in [0.15, 0.2) is 30.3 Å². The van der Waals surface area contributed by atoms with Crippen LogP contribution in [-0.2, 0) is 14.3 Å². The number of benzene rings is 1. The van der Waals surface area contributed by atoms with Crippen molar-refractivity contribution in [2.45, 2.75) is 25.9 Å². The number of amides is 2. The Morgan fingerprint density at radius 3 is 2.74 bits per heavy atom. The van der Waals surface area contributed by atoms with E-state index in [4.69, 9.17) is 4.74 Å². The van der Waals surface area contributed by atoms with E-state index >= 15 is 0 Å². The van der Waals surface area contributed by atoms with Crippen LogP contribution in [0.2, 0.25) is 0 Å². The van der Waals surface area contributed by atoms with Crippen LogP contribution in [0.1, 0.15) is 31.4 Å². The number of rotatable bonds is 4. The highest BCUT2D eigenvalue weighted by Gasteiger charge is 2.32. The summed E-state index contributed by atoms with van der Waals surface area (Å²) in [6, 6.07) is 10.2. The van der Waals surface area contributed by atoms with E-state index in [9.17, 15) is 9.59 Å². The van der Waals surface area contributed by atoms with Gasteiger partial charge in [0.15, 0.2) is 0 Å². The van der Waals surface area contributed by atoms with Gasteiger partial charge in [-0.2, -0.15) is 0 Å². The molecule has 2 fully saturated rings. The van der Waals surface area contributed by atoms with Gasteiger partial charge in [0.2, 0.25) is 11.8 Å². The topological polar surface area (TPSA) is 58.6 Å². The molecule has 1 aromatic rings. The predicted molar refractivity (Wildman–Crippen MR) is 86.6 cm³/mol. The molecule has 2 saturated heterocycles. The van der Waals surface area contributed by atoms with E-state index in [2.05, 4.69) is 17.4 Å². The van der Waals surface area contributed by atoms with Gasteiger partial charge < -0.3 is 15.0 Å². The number of ether oxygens (including phenoxy) is 1. The minimum absolute atomic E-state index is 0.0497. The maximum absolute atomic E-state index is 12.3. The lowest BCUT2D eigenvalue weighted by atomic mass is 9.95. The Balaban J connectivity index is 1.52. The summed E-state index contributed by atoms with van der Waals surface area (Å²) in [5.41, 5.74) is 1.17. The summed E-state index contributed by atoms with van der Waals surface area (Å²) in [5.74, 6) is 0.351. The van der Waals surface area contributed by atoms with Crippen molar-refractivity contribution in [2.75, 3.05) is 26.2 Å². The Bertz CT molecular complexity index is 561. The van der Waals surface area contributed by atoms with Gasteiger partial charge in [-0.1, -0.05) is 30.3 Å². The molecule has 3 atom stereocenters. The third-order valence-electron chi connectivity index (χ3n) is 4.89. The van der Waals surface area contributed by atoms with Crippen LogP contribution in [0.5, 0.6) is 0 Å². The molecular weight excluding hydrogens is 292 g/mol. The van der Waals surface area contributed by atoms with Gasteiger partial charge in [-0.25, -0.2) is 0 Å². The van der Waals surface area contributed by atoms with E-state index in [0.29, 0.717) is 25.6 Å². The molecule has 0 radical (unpaired) electrons. The summed E-state index contributed by atoms with van der Waals surface area (Å²) in [6.07, 6.45) is 1.78. The molecule has 1 aromatic carbocycles. The van der Waals surface area contributed by atoms with Crippen LogP contribution in [0.3, 0.4) is 0 Å². The second-order valence-electron chi connectivity index (χ2n) is 6.45. The molecule has 2 amide bonds. The Labute approximate surface area is 137 Å². The summed E-state index contributed by atoms with van der Waals surface area (Å²) >= 11 is 0. The van der Waals surface area contributed by atoms with Crippen molar-refractivity contribution in [3.8, 4) is 0 Å². The van der Waals surface area contributed by atoms with Crippen molar-refractivity contribution in [3.63, 3.8) is 0 Å². The zero-order valence-corrected chi connectivity index (χ0v) is 13.5. The van der Waals surface area contributed by atoms with Crippen LogP contribution in [-0.4, -0.2) is 43.0 Å². The van der Waals surface area contributed by atoms with Gasteiger partial charge in [0, 0.05) is 39.1 Å². The van der Waals surface area contributed by atoms with Gasteiger partial charge in [0.1, 0.15) is 0 Å². The van der Waals surface area contributed by atoms with E-state index in [1.165, 1.54) is 5.56 Å². The normalized spacial score (nSPS) is 27.2. The Kier molecular flexibility index (Phi) is 4.96. The highest BCUT2D eigenvalue weighted by atomic mass is 16.5. The van der Waals surface area contributed by atoms with Gasteiger partial charge in [-0.05, 0) is 18.4 Å². The van der Waals surface area contributed by atoms with Crippen molar-refractivity contribution < 1.29 is 14.3 Å². The Hall–Kier alpha value is -1.88. The van der Waals surface area contributed by atoms with Crippen LogP contribution in [0.4, 0.5) is 0 Å². The minimum Gasteiger partial charge on any atom is -0.373 e. The summed E-state index contributed by atoms with van der Waals surface area (Å²) in [6.45, 7) is 4.16. The summed E-state index contributed by atoms with van der Waals surface area (Å²) in [7, 11) is 0. The van der Waals surface area contributed by atoms with Gasteiger partial charge in [0.05, 0.1) is 12.0 Å². The molecule has 5 nitrogen and oxygen atoms in total. The Morgan fingerprint density at radius 1 is 1.26 bits per heavy atom. The molecule has 1 N–H and O–H groups in total. The fourth-order valence-electron chi connectivity index (χ4n) is 3.49. The van der Waals surface area contributed by atoms with E-state index < -0.39 is 0 Å². The van der Waals surface area contributed by atoms with Crippen molar-refractivity contribution in [2.24, 2.45) is 11.8 Å². The molecule has 5 heteroatoms. The molecule has 3 rings (SSSR count). The first-order chi connectivity index (χ1) is 11.1. The van der Waals surface area contributed by atoms with Crippen LogP contribution >= 0.6 is 0 Å². The average Bonchev–Trinajstić information content (AvgIpc) is 3.22. The van der Waals surface area contributed by atoms with E-state index in [1.54, 1.807) is 11.8 Å². The van der Waals surface area contributed by atoms with Crippen molar-refractivity contribution in [3.05, 3.63) is 35.9 Å². The largest absolute Gasteiger partial charge is 0.373 e. The minimum atomic E-state index is -0.0728. The molecule has 0 saturated carbocycles. The van der Waals surface area contributed by atoms with Crippen molar-refractivity contribution >= 4 is 11.8 Å². The smallest absolute Gasteiger partial charge is 0.224 e. The summed E-state index contributed by atoms with van der Waals surface area (Å²) in [5, 5.41) is 3.07. The molecular formula is C18H24N2O3. The quantitative estimate of drug-likeness (QED) is 0.920. The standard InChI is InChI=1S/C18H24N2O3/c1-13(21)20-9-7-16(12-20)18(22)19-11-15-8-10-23-17(15)14-5-3-2-4-6-14/h2-6,15-17H,7-12H2,1H3,(H,19,22)/t15-,16?,17-/m0/s1. The zero-order chi connectivity index (χ0) is 16.2. The lowest BCUT2D eigenvalue weighted by molar-refractivity contribution is -0.128. The maximum atomic E-state index is 12.3. The van der Waals surface area contributed by atoms with Gasteiger partial charge in [-0.15, -0.1) is 0 Å². The lowest BCUT2D eigenvalue weighted by Gasteiger charge is -2.20. The molecule has 2 aliphatic heterocycles. The number of nitrogens with one attached hydrogen (secondary N) is 1. The number of carbonyl (C=O) groups excluding carboxylic acids is 2. The summed E-state index contributed by atoms with van der Waals surface area (Å²) < 4.78 is 5.85. The molecule has 0 spiro atoms. The highest BCUT2D eigenvalue weighted by Crippen LogP contribution is 2.34. The number of hydrogen-bond donors (Lipinski definition) is 1. The maximum Gasteiger partial charge on any atom is 0.224 e. The van der Waals surface area contributed by atoms with Crippen molar-refractivity contribution in [1.82, 2.24) is 10.2 Å². The third-order valence-corrected chi connectivity index (χ3v) is 4.89. The van der Waals surface area contributed by atoms with Gasteiger partial charge in [-0.3, -0.25) is 9.59 Å². The van der Waals surface area contributed by atoms with Crippen LogP contribution in [0, 0.1) is 11.8 Å². The number of hydrogen-bond acceptors (Lipinski definition) is 3. The van der Waals surface area contributed by atoms with Gasteiger partial charge >= 0.3 is 0 Å². The number of likely N-dealkylation sites (tertiary alicyclic amines) is 1. The number of carbonyl (C=O) groups is 2. The second kappa shape index (κ2) is 7.13. The lowest BCUT2D eigenvalue weighted by Crippen LogP contribution is -2.37. The monoisotopic (exact) mass is 316 g/mol. The first-order valence-electron chi connectivity index (χ1n) is 8.35. The van der Waals surface area contributed by atoms with Gasteiger partial charge in [0.25, 0.3) is 0 Å². The molecule has 124 valence electrons.